The standard InChI is InChI=1S/C19H18N2OS2/c1-4-9-21-16-8-7-14(13(2)3)11-17(16)24-19(21)20-18(22)12-15-6-5-10-23-15/h1,5-8,10-11,13H,9,12H2,2-3H3. The van der Waals surface area contributed by atoms with Gasteiger partial charge in [-0.1, -0.05) is 43.2 Å². The molecule has 24 heavy (non-hydrogen) atoms. The second kappa shape index (κ2) is 7.16. The van der Waals surface area contributed by atoms with Crippen LogP contribution in [0.25, 0.3) is 10.2 Å². The number of carbonyl (C=O) groups excluding carboxylic acids is 1. The van der Waals surface area contributed by atoms with Gasteiger partial charge in [-0.15, -0.1) is 17.8 Å². The number of hydrogen-bond donors (Lipinski definition) is 0. The van der Waals surface area contributed by atoms with E-state index < -0.39 is 0 Å². The summed E-state index contributed by atoms with van der Waals surface area (Å²) >= 11 is 3.09. The number of aromatic nitrogens is 1. The van der Waals surface area contributed by atoms with E-state index in [2.05, 4.69) is 43.0 Å². The number of rotatable bonds is 4. The Morgan fingerprint density at radius 2 is 2.21 bits per heavy atom. The van der Waals surface area contributed by atoms with Crippen molar-refractivity contribution in [3.05, 3.63) is 51.0 Å². The van der Waals surface area contributed by atoms with Crippen LogP contribution in [0.3, 0.4) is 0 Å². The van der Waals surface area contributed by atoms with Crippen LogP contribution in [0.15, 0.2) is 40.7 Å². The van der Waals surface area contributed by atoms with Gasteiger partial charge in [0, 0.05) is 4.88 Å². The Morgan fingerprint density at radius 3 is 2.88 bits per heavy atom. The second-order valence-corrected chi connectivity index (χ2v) is 7.86. The van der Waals surface area contributed by atoms with Crippen molar-refractivity contribution in [2.45, 2.75) is 32.7 Å². The minimum absolute atomic E-state index is 0.140. The first-order valence-corrected chi connectivity index (χ1v) is 9.45. The summed E-state index contributed by atoms with van der Waals surface area (Å²) in [4.78, 5) is 18.3. The summed E-state index contributed by atoms with van der Waals surface area (Å²) < 4.78 is 3.05. The molecular formula is C19H18N2OS2. The highest BCUT2D eigenvalue weighted by molar-refractivity contribution is 7.16. The highest BCUT2D eigenvalue weighted by Crippen LogP contribution is 2.23. The maximum atomic E-state index is 12.3. The van der Waals surface area contributed by atoms with Crippen LogP contribution in [-0.2, 0) is 17.8 Å². The summed E-state index contributed by atoms with van der Waals surface area (Å²) in [5.74, 6) is 2.98. The summed E-state index contributed by atoms with van der Waals surface area (Å²) in [6, 6.07) is 10.2. The fourth-order valence-corrected chi connectivity index (χ4v) is 4.28. The van der Waals surface area contributed by atoms with E-state index in [1.807, 2.05) is 22.1 Å². The molecule has 0 fully saturated rings. The zero-order chi connectivity index (χ0) is 17.1. The molecular weight excluding hydrogens is 336 g/mol. The number of terminal acetylenes is 1. The summed E-state index contributed by atoms with van der Waals surface area (Å²) in [5.41, 5.74) is 2.30. The van der Waals surface area contributed by atoms with Gasteiger partial charge in [-0.25, -0.2) is 0 Å². The van der Waals surface area contributed by atoms with Crippen molar-refractivity contribution in [1.82, 2.24) is 4.57 Å². The van der Waals surface area contributed by atoms with Crippen molar-refractivity contribution >= 4 is 38.8 Å². The van der Waals surface area contributed by atoms with Gasteiger partial charge in [-0.3, -0.25) is 4.79 Å². The largest absolute Gasteiger partial charge is 0.305 e. The fraction of sp³-hybridized carbons (Fsp3) is 0.263. The summed E-state index contributed by atoms with van der Waals surface area (Å²) in [6.45, 7) is 4.74. The van der Waals surface area contributed by atoms with Crippen LogP contribution >= 0.6 is 22.7 Å². The SMILES string of the molecule is C#CCn1c(=NC(=O)Cc2cccs2)sc2cc(C(C)C)ccc21. The molecule has 0 aliphatic rings. The Balaban J connectivity index is 2.05. The van der Waals surface area contributed by atoms with Crippen LogP contribution in [0, 0.1) is 12.3 Å². The number of amides is 1. The van der Waals surface area contributed by atoms with Gasteiger partial charge < -0.3 is 4.57 Å². The number of fused-ring (bicyclic) bond motifs is 1. The van der Waals surface area contributed by atoms with Gasteiger partial charge in [0.2, 0.25) is 0 Å². The molecule has 0 aliphatic carbocycles. The Kier molecular flexibility index (Phi) is 4.98. The Morgan fingerprint density at radius 1 is 1.38 bits per heavy atom. The third kappa shape index (κ3) is 3.50. The van der Waals surface area contributed by atoms with Crippen LogP contribution in [0.2, 0.25) is 0 Å². The monoisotopic (exact) mass is 354 g/mol. The average molecular weight is 355 g/mol. The highest BCUT2D eigenvalue weighted by atomic mass is 32.1. The number of nitrogens with zero attached hydrogens (tertiary/aromatic N) is 2. The van der Waals surface area contributed by atoms with E-state index in [1.165, 1.54) is 16.9 Å². The molecule has 5 heteroatoms. The molecule has 0 atom stereocenters. The number of thiophene rings is 1. The highest BCUT2D eigenvalue weighted by Gasteiger charge is 2.10. The van der Waals surface area contributed by atoms with E-state index in [-0.39, 0.29) is 5.91 Å². The molecule has 1 aromatic carbocycles. The van der Waals surface area contributed by atoms with Crippen LogP contribution in [0.5, 0.6) is 0 Å². The van der Waals surface area contributed by atoms with Gasteiger partial charge in [0.05, 0.1) is 23.2 Å². The molecule has 122 valence electrons. The number of benzene rings is 1. The summed E-state index contributed by atoms with van der Waals surface area (Å²) in [6.07, 6.45) is 5.84. The Labute approximate surface area is 149 Å². The molecule has 0 spiro atoms. The third-order valence-electron chi connectivity index (χ3n) is 3.75. The zero-order valence-electron chi connectivity index (χ0n) is 13.7. The van der Waals surface area contributed by atoms with Gasteiger partial charge in [0.25, 0.3) is 5.91 Å². The topological polar surface area (TPSA) is 34.4 Å². The lowest BCUT2D eigenvalue weighted by molar-refractivity contribution is -0.117. The van der Waals surface area contributed by atoms with Gasteiger partial charge in [-0.05, 0) is 35.1 Å². The van der Waals surface area contributed by atoms with Gasteiger partial charge in [0.1, 0.15) is 0 Å². The van der Waals surface area contributed by atoms with Crippen molar-refractivity contribution in [3.8, 4) is 12.3 Å². The fourth-order valence-electron chi connectivity index (χ4n) is 2.49. The normalized spacial score (nSPS) is 12.0. The molecule has 0 bridgehead atoms. The molecule has 2 heterocycles. The quantitative estimate of drug-likeness (QED) is 0.647. The first-order valence-electron chi connectivity index (χ1n) is 7.75. The lowest BCUT2D eigenvalue weighted by Gasteiger charge is -2.05. The van der Waals surface area contributed by atoms with Gasteiger partial charge >= 0.3 is 0 Å². The molecule has 0 aliphatic heterocycles. The predicted molar refractivity (Wildman–Crippen MR) is 101 cm³/mol. The van der Waals surface area contributed by atoms with Crippen molar-refractivity contribution in [1.29, 1.82) is 0 Å². The molecule has 0 radical (unpaired) electrons. The first kappa shape index (κ1) is 16.7. The predicted octanol–water partition coefficient (Wildman–Crippen LogP) is 4.19. The lowest BCUT2D eigenvalue weighted by Crippen LogP contribution is -2.16. The van der Waals surface area contributed by atoms with Crippen LogP contribution in [0.4, 0.5) is 0 Å². The van der Waals surface area contributed by atoms with E-state index in [4.69, 9.17) is 6.42 Å². The molecule has 3 nitrogen and oxygen atoms in total. The molecule has 1 amide bonds. The number of carbonyl (C=O) groups is 1. The van der Waals surface area contributed by atoms with E-state index in [0.29, 0.717) is 23.7 Å². The van der Waals surface area contributed by atoms with Gasteiger partial charge in [0.15, 0.2) is 4.80 Å². The molecule has 2 aromatic heterocycles. The molecule has 0 saturated heterocycles. The Hall–Kier alpha value is -2.16. The minimum atomic E-state index is -0.140. The van der Waals surface area contributed by atoms with Gasteiger partial charge in [-0.2, -0.15) is 4.99 Å². The van der Waals surface area contributed by atoms with Crippen LogP contribution in [-0.4, -0.2) is 10.5 Å². The van der Waals surface area contributed by atoms with Crippen LogP contribution < -0.4 is 4.80 Å². The molecule has 3 rings (SSSR count). The maximum Gasteiger partial charge on any atom is 0.253 e. The van der Waals surface area contributed by atoms with Crippen molar-refractivity contribution < 1.29 is 4.79 Å². The summed E-state index contributed by atoms with van der Waals surface area (Å²) in [7, 11) is 0. The van der Waals surface area contributed by atoms with E-state index in [0.717, 1.165) is 15.1 Å². The molecule has 3 aromatic rings. The number of hydrogen-bond acceptors (Lipinski definition) is 3. The second-order valence-electron chi connectivity index (χ2n) is 5.82. The maximum absolute atomic E-state index is 12.3. The third-order valence-corrected chi connectivity index (χ3v) is 5.67. The number of thiazole rings is 1. The smallest absolute Gasteiger partial charge is 0.253 e. The molecule has 0 saturated carbocycles. The van der Waals surface area contributed by atoms with E-state index >= 15 is 0 Å². The minimum Gasteiger partial charge on any atom is -0.305 e. The molecule has 0 unspecified atom stereocenters. The van der Waals surface area contributed by atoms with Crippen LogP contribution in [0.1, 0.15) is 30.2 Å². The first-order chi connectivity index (χ1) is 11.6. The van der Waals surface area contributed by atoms with Crippen molar-refractivity contribution in [3.63, 3.8) is 0 Å². The van der Waals surface area contributed by atoms with Crippen molar-refractivity contribution in [2.24, 2.45) is 4.99 Å². The average Bonchev–Trinajstić information content (AvgIpc) is 3.15. The zero-order valence-corrected chi connectivity index (χ0v) is 15.3. The summed E-state index contributed by atoms with van der Waals surface area (Å²) in [5, 5.41) is 1.97. The lowest BCUT2D eigenvalue weighted by atomic mass is 10.0. The Bertz CT molecular complexity index is 969. The molecule has 0 N–H and O–H groups in total. The van der Waals surface area contributed by atoms with E-state index in [9.17, 15) is 4.79 Å². The van der Waals surface area contributed by atoms with E-state index in [1.54, 1.807) is 11.3 Å². The van der Waals surface area contributed by atoms with Crippen molar-refractivity contribution in [2.75, 3.05) is 0 Å².